The van der Waals surface area contributed by atoms with Gasteiger partial charge in [0.15, 0.2) is 0 Å². The monoisotopic (exact) mass is 182 g/mol. The molecular weight excluding hydrogens is 169 g/mol. The van der Waals surface area contributed by atoms with Crippen LogP contribution in [0.15, 0.2) is 12.2 Å². The van der Waals surface area contributed by atoms with Crippen molar-refractivity contribution < 1.29 is 13.2 Å². The van der Waals surface area contributed by atoms with Crippen molar-refractivity contribution in [3.8, 4) is 0 Å². The second-order valence-electron chi connectivity index (χ2n) is 2.76. The van der Waals surface area contributed by atoms with Gasteiger partial charge in [-0.15, -0.1) is 6.58 Å². The summed E-state index contributed by atoms with van der Waals surface area (Å²) in [5, 5.41) is 0. The molecule has 1 atom stereocenters. The van der Waals surface area contributed by atoms with Crippen molar-refractivity contribution >= 4 is 0 Å². The fourth-order valence-electron chi connectivity index (χ4n) is 0.732. The van der Waals surface area contributed by atoms with Gasteiger partial charge in [-0.25, -0.2) is 5.43 Å². The third-order valence-corrected chi connectivity index (χ3v) is 1.46. The van der Waals surface area contributed by atoms with Gasteiger partial charge in [0, 0.05) is 0 Å². The summed E-state index contributed by atoms with van der Waals surface area (Å²) in [4.78, 5) is 0. The predicted octanol–water partition coefficient (Wildman–Crippen LogP) is 1.74. The van der Waals surface area contributed by atoms with E-state index in [0.717, 1.165) is 5.57 Å². The molecule has 0 aromatic rings. The van der Waals surface area contributed by atoms with E-state index in [4.69, 9.17) is 5.84 Å². The van der Waals surface area contributed by atoms with Crippen molar-refractivity contribution in [3.05, 3.63) is 12.2 Å². The molecule has 0 aliphatic carbocycles. The highest BCUT2D eigenvalue weighted by Gasteiger charge is 2.38. The van der Waals surface area contributed by atoms with E-state index in [1.165, 1.54) is 0 Å². The number of hydrazine groups is 1. The number of halogens is 3. The molecule has 5 heteroatoms. The molecule has 2 nitrogen and oxygen atoms in total. The largest absolute Gasteiger partial charge is 0.405 e. The van der Waals surface area contributed by atoms with Crippen molar-refractivity contribution in [1.29, 1.82) is 0 Å². The van der Waals surface area contributed by atoms with Crippen LogP contribution in [0.25, 0.3) is 0 Å². The van der Waals surface area contributed by atoms with Gasteiger partial charge in [0.2, 0.25) is 0 Å². The normalized spacial score (nSPS) is 14.4. The maximum Gasteiger partial charge on any atom is 0.405 e. The Morgan fingerprint density at radius 3 is 2.33 bits per heavy atom. The molecule has 0 amide bonds. The van der Waals surface area contributed by atoms with Crippen LogP contribution in [0.1, 0.15) is 19.8 Å². The molecule has 0 saturated heterocycles. The lowest BCUT2D eigenvalue weighted by Gasteiger charge is -2.18. The summed E-state index contributed by atoms with van der Waals surface area (Å²) in [6, 6.07) is -1.63. The van der Waals surface area contributed by atoms with E-state index in [-0.39, 0.29) is 6.42 Å². The Morgan fingerprint density at radius 2 is 2.08 bits per heavy atom. The van der Waals surface area contributed by atoms with Crippen LogP contribution in [-0.2, 0) is 0 Å². The van der Waals surface area contributed by atoms with Crippen LogP contribution in [0.2, 0.25) is 0 Å². The van der Waals surface area contributed by atoms with Gasteiger partial charge in [0.25, 0.3) is 0 Å². The first-order chi connectivity index (χ1) is 5.38. The topological polar surface area (TPSA) is 38.0 Å². The summed E-state index contributed by atoms with van der Waals surface area (Å²) in [6.45, 7) is 5.19. The van der Waals surface area contributed by atoms with Crippen LogP contribution >= 0.6 is 0 Å². The first-order valence-corrected chi connectivity index (χ1v) is 3.55. The van der Waals surface area contributed by atoms with Crippen LogP contribution in [0.4, 0.5) is 13.2 Å². The van der Waals surface area contributed by atoms with Gasteiger partial charge in [-0.1, -0.05) is 5.57 Å². The maximum atomic E-state index is 12.0. The summed E-state index contributed by atoms with van der Waals surface area (Å²) in [5.41, 5.74) is 2.45. The molecule has 0 rings (SSSR count). The van der Waals surface area contributed by atoms with Gasteiger partial charge < -0.3 is 0 Å². The zero-order chi connectivity index (χ0) is 9.78. The third kappa shape index (κ3) is 4.35. The number of nitrogens with two attached hydrogens (primary N) is 1. The standard InChI is InChI=1S/C7H13F3N2/c1-5(2)3-4-6(12-11)7(8,9)10/h6,12H,1,3-4,11H2,2H3. The fraction of sp³-hybridized carbons (Fsp3) is 0.714. The van der Waals surface area contributed by atoms with Gasteiger partial charge in [-0.05, 0) is 19.8 Å². The molecule has 0 bridgehead atoms. The Morgan fingerprint density at radius 1 is 1.58 bits per heavy atom. The molecule has 0 aliphatic rings. The van der Waals surface area contributed by atoms with Gasteiger partial charge in [0.05, 0.1) is 0 Å². The fourth-order valence-corrected chi connectivity index (χ4v) is 0.732. The predicted molar refractivity (Wildman–Crippen MR) is 41.2 cm³/mol. The smallest absolute Gasteiger partial charge is 0.271 e. The minimum Gasteiger partial charge on any atom is -0.271 e. The minimum absolute atomic E-state index is 0.0602. The number of hydrogen-bond donors (Lipinski definition) is 2. The van der Waals surface area contributed by atoms with Crippen LogP contribution in [0.3, 0.4) is 0 Å². The van der Waals surface area contributed by atoms with Crippen LogP contribution in [0.5, 0.6) is 0 Å². The molecular formula is C7H13F3N2. The highest BCUT2D eigenvalue weighted by Crippen LogP contribution is 2.23. The lowest BCUT2D eigenvalue weighted by molar-refractivity contribution is -0.157. The molecule has 0 radical (unpaired) electrons. The highest BCUT2D eigenvalue weighted by molar-refractivity contribution is 4.90. The lowest BCUT2D eigenvalue weighted by Crippen LogP contribution is -2.45. The van der Waals surface area contributed by atoms with E-state index in [9.17, 15) is 13.2 Å². The van der Waals surface area contributed by atoms with Crippen LogP contribution in [-0.4, -0.2) is 12.2 Å². The zero-order valence-electron chi connectivity index (χ0n) is 6.91. The summed E-state index contributed by atoms with van der Waals surface area (Å²) < 4.78 is 36.0. The van der Waals surface area contributed by atoms with E-state index >= 15 is 0 Å². The van der Waals surface area contributed by atoms with Gasteiger partial charge in [-0.2, -0.15) is 13.2 Å². The number of alkyl halides is 3. The Balaban J connectivity index is 3.92. The molecule has 3 N–H and O–H groups in total. The highest BCUT2D eigenvalue weighted by atomic mass is 19.4. The van der Waals surface area contributed by atoms with Crippen molar-refractivity contribution in [3.63, 3.8) is 0 Å². The Kier molecular flexibility index (Phi) is 4.26. The minimum atomic E-state index is -4.27. The summed E-state index contributed by atoms with van der Waals surface area (Å²) in [7, 11) is 0. The molecule has 0 spiro atoms. The molecule has 0 aromatic carbocycles. The summed E-state index contributed by atoms with van der Waals surface area (Å²) in [5.74, 6) is 4.75. The van der Waals surface area contributed by atoms with Crippen molar-refractivity contribution in [1.82, 2.24) is 5.43 Å². The SMILES string of the molecule is C=C(C)CCC(NN)C(F)(F)F. The van der Waals surface area contributed by atoms with E-state index in [2.05, 4.69) is 6.58 Å². The Bertz CT molecular complexity index is 153. The number of rotatable bonds is 4. The first kappa shape index (κ1) is 11.4. The molecule has 0 heterocycles. The van der Waals surface area contributed by atoms with E-state index < -0.39 is 12.2 Å². The summed E-state index contributed by atoms with van der Waals surface area (Å²) in [6.07, 6.45) is -4.01. The zero-order valence-corrected chi connectivity index (χ0v) is 6.91. The second-order valence-corrected chi connectivity index (χ2v) is 2.76. The second kappa shape index (κ2) is 4.47. The summed E-state index contributed by atoms with van der Waals surface area (Å²) >= 11 is 0. The van der Waals surface area contributed by atoms with Crippen molar-refractivity contribution in [2.24, 2.45) is 5.84 Å². The van der Waals surface area contributed by atoms with Gasteiger partial charge >= 0.3 is 6.18 Å². The van der Waals surface area contributed by atoms with Crippen molar-refractivity contribution in [2.45, 2.75) is 32.0 Å². The number of allylic oxidation sites excluding steroid dienone is 1. The van der Waals surface area contributed by atoms with Gasteiger partial charge in [-0.3, -0.25) is 5.84 Å². The molecule has 0 aliphatic heterocycles. The maximum absolute atomic E-state index is 12.0. The molecule has 1 unspecified atom stereocenters. The molecule has 0 saturated carbocycles. The van der Waals surface area contributed by atoms with Crippen molar-refractivity contribution in [2.75, 3.05) is 0 Å². The first-order valence-electron chi connectivity index (χ1n) is 3.55. The number of nitrogens with one attached hydrogen (secondary N) is 1. The Hall–Kier alpha value is -0.550. The molecule has 0 aromatic heterocycles. The van der Waals surface area contributed by atoms with Crippen LogP contribution in [0, 0.1) is 0 Å². The van der Waals surface area contributed by atoms with E-state index in [0.29, 0.717) is 6.42 Å². The third-order valence-electron chi connectivity index (χ3n) is 1.46. The molecule has 12 heavy (non-hydrogen) atoms. The average molecular weight is 182 g/mol. The lowest BCUT2D eigenvalue weighted by atomic mass is 10.1. The Labute approximate surface area is 69.6 Å². The van der Waals surface area contributed by atoms with E-state index in [1.807, 2.05) is 0 Å². The van der Waals surface area contributed by atoms with E-state index in [1.54, 1.807) is 12.3 Å². The van der Waals surface area contributed by atoms with Crippen LogP contribution < -0.4 is 11.3 Å². The average Bonchev–Trinajstić information content (AvgIpc) is 1.85. The molecule has 72 valence electrons. The van der Waals surface area contributed by atoms with Gasteiger partial charge in [0.1, 0.15) is 6.04 Å². The quantitative estimate of drug-likeness (QED) is 0.395. The molecule has 0 fully saturated rings. The number of hydrogen-bond acceptors (Lipinski definition) is 2.